The molecule has 0 amide bonds. The van der Waals surface area contributed by atoms with Gasteiger partial charge in [0.05, 0.1) is 12.1 Å². The summed E-state index contributed by atoms with van der Waals surface area (Å²) in [6, 6.07) is 75.0. The molecule has 0 saturated carbocycles. The van der Waals surface area contributed by atoms with Gasteiger partial charge in [-0.05, 0) is 159 Å². The van der Waals surface area contributed by atoms with Gasteiger partial charge < -0.3 is 4.90 Å². The number of para-hydroxylation sites is 1. The van der Waals surface area contributed by atoms with Crippen molar-refractivity contribution in [1.82, 2.24) is 0 Å². The van der Waals surface area contributed by atoms with Crippen LogP contribution in [-0.4, -0.2) is 17.9 Å². The summed E-state index contributed by atoms with van der Waals surface area (Å²) in [5.41, 5.74) is 13.7. The van der Waals surface area contributed by atoms with Crippen LogP contribution in [-0.2, 0) is 0 Å². The van der Waals surface area contributed by atoms with Gasteiger partial charge in [0, 0.05) is 11.3 Å². The highest BCUT2D eigenvalue weighted by Gasteiger charge is 2.35. The third kappa shape index (κ3) is 6.51. The Kier molecular flexibility index (Phi) is 9.42. The monoisotopic (exact) mass is 892 g/mol. The molecule has 0 saturated heterocycles. The Balaban J connectivity index is 0.869. The third-order valence-electron chi connectivity index (χ3n) is 15.1. The second-order valence-corrected chi connectivity index (χ2v) is 19.3. The van der Waals surface area contributed by atoms with Crippen molar-refractivity contribution in [3.05, 3.63) is 246 Å². The number of rotatable bonds is 6. The van der Waals surface area contributed by atoms with E-state index < -0.39 is 0 Å². The lowest BCUT2D eigenvalue weighted by Crippen LogP contribution is -2.39. The van der Waals surface area contributed by atoms with Gasteiger partial charge in [-0.3, -0.25) is 4.99 Å². The SMILES string of the molecule is Cc1ccc2cc(-c3c4c(c(-c5ccc6cc(-c7c8ccccc8c(-c8ccc(C9=NC%10C=CC=CC%10N9c9ccccc9)cc8)c8ccccc78)ccc6c5)c5ccccc35)=CCCC=4)ccc2c1. The van der Waals surface area contributed by atoms with Gasteiger partial charge in [0.25, 0.3) is 0 Å². The molecule has 0 spiro atoms. The highest BCUT2D eigenvalue weighted by Crippen LogP contribution is 2.45. The van der Waals surface area contributed by atoms with E-state index in [1.807, 2.05) is 0 Å². The van der Waals surface area contributed by atoms with Gasteiger partial charge in [-0.2, -0.15) is 0 Å². The zero-order chi connectivity index (χ0) is 46.3. The second-order valence-electron chi connectivity index (χ2n) is 19.3. The molecule has 0 aromatic heterocycles. The Hall–Kier alpha value is -8.59. The zero-order valence-corrected chi connectivity index (χ0v) is 39.0. The van der Waals surface area contributed by atoms with Crippen molar-refractivity contribution in [3.63, 3.8) is 0 Å². The van der Waals surface area contributed by atoms with Crippen molar-refractivity contribution in [1.29, 1.82) is 0 Å². The molecule has 2 aliphatic carbocycles. The summed E-state index contributed by atoms with van der Waals surface area (Å²) in [4.78, 5) is 7.67. The normalized spacial score (nSPS) is 16.1. The molecule has 14 rings (SSSR count). The fourth-order valence-electron chi connectivity index (χ4n) is 12.0. The highest BCUT2D eigenvalue weighted by atomic mass is 15.3. The van der Waals surface area contributed by atoms with E-state index in [9.17, 15) is 0 Å². The lowest BCUT2D eigenvalue weighted by Gasteiger charge is -2.29. The van der Waals surface area contributed by atoms with Crippen LogP contribution >= 0.6 is 0 Å². The van der Waals surface area contributed by atoms with E-state index in [1.54, 1.807) is 0 Å². The Morgan fingerprint density at radius 3 is 1.34 bits per heavy atom. The number of amidine groups is 1. The predicted octanol–water partition coefficient (Wildman–Crippen LogP) is 15.9. The molecule has 1 heterocycles. The van der Waals surface area contributed by atoms with Crippen LogP contribution in [0.2, 0.25) is 0 Å². The number of fused-ring (bicyclic) bond motifs is 7. The number of nitrogens with zero attached hydrogens (tertiary/aromatic N) is 2. The van der Waals surface area contributed by atoms with E-state index in [4.69, 9.17) is 4.99 Å². The van der Waals surface area contributed by atoms with Gasteiger partial charge in [-0.25, -0.2) is 0 Å². The van der Waals surface area contributed by atoms with Gasteiger partial charge in [-0.15, -0.1) is 0 Å². The molecule has 0 fully saturated rings. The number of allylic oxidation sites excluding steroid dienone is 2. The van der Waals surface area contributed by atoms with Gasteiger partial charge in [0.1, 0.15) is 5.84 Å². The first-order valence-corrected chi connectivity index (χ1v) is 24.7. The summed E-state index contributed by atoms with van der Waals surface area (Å²) >= 11 is 0. The molecule has 330 valence electrons. The molecule has 2 unspecified atom stereocenters. The first-order chi connectivity index (χ1) is 34.6. The number of benzene rings is 11. The van der Waals surface area contributed by atoms with Crippen molar-refractivity contribution in [3.8, 4) is 44.5 Å². The number of hydrogen-bond acceptors (Lipinski definition) is 2. The van der Waals surface area contributed by atoms with Crippen LogP contribution in [0.1, 0.15) is 24.0 Å². The maximum Gasteiger partial charge on any atom is 0.136 e. The molecule has 2 heteroatoms. The molecule has 0 radical (unpaired) electrons. The molecule has 0 N–H and O–H groups in total. The number of aliphatic imine (C=N–C) groups is 1. The lowest BCUT2D eigenvalue weighted by atomic mass is 9.84. The Labute approximate surface area is 407 Å². The topological polar surface area (TPSA) is 15.6 Å². The van der Waals surface area contributed by atoms with Crippen LogP contribution in [0.15, 0.2) is 229 Å². The molecule has 2 atom stereocenters. The van der Waals surface area contributed by atoms with Crippen LogP contribution in [0.25, 0.3) is 111 Å². The molecule has 0 bridgehead atoms. The second kappa shape index (κ2) is 16.3. The number of aryl methyl sites for hydroxylation is 1. The minimum Gasteiger partial charge on any atom is -0.317 e. The molecular formula is C68H48N2. The summed E-state index contributed by atoms with van der Waals surface area (Å²) in [6.07, 6.45) is 15.8. The molecule has 2 nitrogen and oxygen atoms in total. The Bertz CT molecular complexity index is 4140. The van der Waals surface area contributed by atoms with E-state index in [0.29, 0.717) is 0 Å². The van der Waals surface area contributed by atoms with Crippen molar-refractivity contribution in [2.75, 3.05) is 4.90 Å². The van der Waals surface area contributed by atoms with Gasteiger partial charge in [0.15, 0.2) is 0 Å². The van der Waals surface area contributed by atoms with E-state index in [0.717, 1.165) is 29.9 Å². The van der Waals surface area contributed by atoms with Gasteiger partial charge in [0.2, 0.25) is 0 Å². The summed E-state index contributed by atoms with van der Waals surface area (Å²) < 4.78 is 0. The van der Waals surface area contributed by atoms with E-state index in [1.165, 1.54) is 114 Å². The van der Waals surface area contributed by atoms with Crippen LogP contribution in [0.4, 0.5) is 5.69 Å². The molecular weight excluding hydrogens is 845 g/mol. The number of anilines is 1. The molecule has 11 aromatic carbocycles. The quantitative estimate of drug-likeness (QED) is 0.152. The van der Waals surface area contributed by atoms with Crippen molar-refractivity contribution >= 4 is 77.5 Å². The van der Waals surface area contributed by atoms with E-state index >= 15 is 0 Å². The largest absolute Gasteiger partial charge is 0.317 e. The maximum atomic E-state index is 5.28. The lowest BCUT2D eigenvalue weighted by molar-refractivity contribution is 0.739. The predicted molar refractivity (Wildman–Crippen MR) is 299 cm³/mol. The average molecular weight is 893 g/mol. The molecule has 3 aliphatic rings. The third-order valence-corrected chi connectivity index (χ3v) is 15.1. The van der Waals surface area contributed by atoms with Crippen molar-refractivity contribution in [2.45, 2.75) is 31.8 Å². The summed E-state index contributed by atoms with van der Waals surface area (Å²) in [7, 11) is 0. The minimum atomic E-state index is 0.0876. The zero-order valence-electron chi connectivity index (χ0n) is 39.0. The fraction of sp³-hybridized carbons (Fsp3) is 0.0735. The first-order valence-electron chi connectivity index (χ1n) is 24.7. The number of hydrogen-bond donors (Lipinski definition) is 0. The fourth-order valence-corrected chi connectivity index (χ4v) is 12.0. The minimum absolute atomic E-state index is 0.0876. The standard InChI is InChI=1S/C68H48N2/c1-43-27-28-47-40-50(36-33-46(47)39-43)66-58-21-9-11-23-60(58)67(61-24-12-10-22-59(61)66)52-38-35-48-41-51(37-34-49(48)42-52)65-56-19-7-5-17-54(56)64(55-18-6-8-20-57(55)65)44-29-31-45(32-30-44)68-69-62-25-13-14-26-63(62)70(68)53-15-3-2-4-16-53/h2-9,11,13-42,62-63H,10,12H2,1H3. The summed E-state index contributed by atoms with van der Waals surface area (Å²) in [5.74, 6) is 1.01. The summed E-state index contributed by atoms with van der Waals surface area (Å²) in [5, 5.41) is 15.3. The smallest absolute Gasteiger partial charge is 0.136 e. The van der Waals surface area contributed by atoms with Crippen molar-refractivity contribution in [2.24, 2.45) is 4.99 Å². The Morgan fingerprint density at radius 1 is 0.386 bits per heavy atom. The Morgan fingerprint density at radius 2 is 0.800 bits per heavy atom. The van der Waals surface area contributed by atoms with Crippen LogP contribution in [0.3, 0.4) is 0 Å². The van der Waals surface area contributed by atoms with Gasteiger partial charge in [-0.1, -0.05) is 212 Å². The maximum absolute atomic E-state index is 5.28. The van der Waals surface area contributed by atoms with E-state index in [-0.39, 0.29) is 12.1 Å². The van der Waals surface area contributed by atoms with Gasteiger partial charge >= 0.3 is 0 Å². The molecule has 70 heavy (non-hydrogen) atoms. The highest BCUT2D eigenvalue weighted by molar-refractivity contribution is 6.22. The first kappa shape index (κ1) is 40.5. The molecule has 11 aromatic rings. The van der Waals surface area contributed by atoms with E-state index in [2.05, 4.69) is 248 Å². The summed E-state index contributed by atoms with van der Waals surface area (Å²) in [6.45, 7) is 2.17. The van der Waals surface area contributed by atoms with Crippen molar-refractivity contribution < 1.29 is 0 Å². The van der Waals surface area contributed by atoms with Crippen LogP contribution in [0.5, 0.6) is 0 Å². The molecule has 1 aliphatic heterocycles. The van der Waals surface area contributed by atoms with Crippen LogP contribution in [0, 0.1) is 6.92 Å². The average Bonchev–Trinajstić information content (AvgIpc) is 3.81. The van der Waals surface area contributed by atoms with Crippen LogP contribution < -0.4 is 15.3 Å².